The summed E-state index contributed by atoms with van der Waals surface area (Å²) in [6, 6.07) is 3.69. The molecule has 1 aromatic rings. The summed E-state index contributed by atoms with van der Waals surface area (Å²) in [4.78, 5) is 0. The zero-order valence-corrected chi connectivity index (χ0v) is 9.35. The van der Waals surface area contributed by atoms with Crippen LogP contribution in [-0.2, 0) is 4.74 Å². The van der Waals surface area contributed by atoms with E-state index in [1.807, 2.05) is 12.1 Å². The van der Waals surface area contributed by atoms with Crippen LogP contribution in [0.3, 0.4) is 0 Å². The third kappa shape index (κ3) is 1.82. The van der Waals surface area contributed by atoms with Gasteiger partial charge in [-0.3, -0.25) is 0 Å². The first-order chi connectivity index (χ1) is 6.22. The van der Waals surface area contributed by atoms with Crippen LogP contribution >= 0.6 is 27.5 Å². The Morgan fingerprint density at radius 1 is 1.62 bits per heavy atom. The van der Waals surface area contributed by atoms with Crippen molar-refractivity contribution in [1.82, 2.24) is 0 Å². The lowest BCUT2D eigenvalue weighted by Crippen LogP contribution is -1.92. The average Bonchev–Trinajstić information content (AvgIpc) is 2.85. The molecule has 1 aliphatic rings. The van der Waals surface area contributed by atoms with Gasteiger partial charge in [-0.25, -0.2) is 0 Å². The van der Waals surface area contributed by atoms with Gasteiger partial charge < -0.3 is 9.47 Å². The highest BCUT2D eigenvalue weighted by molar-refractivity contribution is 9.10. The highest BCUT2D eigenvalue weighted by Gasteiger charge is 2.29. The lowest BCUT2D eigenvalue weighted by molar-refractivity contribution is 0.381. The van der Waals surface area contributed by atoms with Crippen LogP contribution < -0.4 is 4.74 Å². The molecule has 1 aromatic carbocycles. The van der Waals surface area contributed by atoms with Crippen LogP contribution in [0.2, 0.25) is 5.02 Å². The molecule has 0 amide bonds. The molecule has 0 bridgehead atoms. The van der Waals surface area contributed by atoms with Gasteiger partial charge in [-0.1, -0.05) is 11.6 Å². The largest absolute Gasteiger partial charge is 0.495 e. The van der Waals surface area contributed by atoms with Crippen LogP contribution in [0.4, 0.5) is 0 Å². The van der Waals surface area contributed by atoms with Crippen molar-refractivity contribution in [3.63, 3.8) is 0 Å². The fraction of sp³-hybridized carbons (Fsp3) is 0.333. The number of hydrogen-bond acceptors (Lipinski definition) is 2. The van der Waals surface area contributed by atoms with Crippen LogP contribution in [0.5, 0.6) is 5.75 Å². The zero-order valence-electron chi connectivity index (χ0n) is 7.01. The van der Waals surface area contributed by atoms with E-state index in [4.69, 9.17) is 21.1 Å². The monoisotopic (exact) mass is 262 g/mol. The minimum Gasteiger partial charge on any atom is -0.495 e. The lowest BCUT2D eigenvalue weighted by atomic mass is 10.1. The molecular weight excluding hydrogens is 255 g/mol. The van der Waals surface area contributed by atoms with E-state index in [9.17, 15) is 0 Å². The first kappa shape index (κ1) is 9.31. The molecule has 1 aliphatic heterocycles. The SMILES string of the molecule is COc1c(Br)cc(Cl)cc1[C@H]1CO1. The van der Waals surface area contributed by atoms with Crippen molar-refractivity contribution in [2.45, 2.75) is 6.10 Å². The first-order valence-electron chi connectivity index (χ1n) is 3.87. The van der Waals surface area contributed by atoms with Crippen molar-refractivity contribution in [3.8, 4) is 5.75 Å². The zero-order chi connectivity index (χ0) is 9.42. The molecular formula is C9H8BrClO2. The minimum atomic E-state index is 0.157. The highest BCUT2D eigenvalue weighted by atomic mass is 79.9. The van der Waals surface area contributed by atoms with E-state index >= 15 is 0 Å². The molecule has 0 radical (unpaired) electrons. The van der Waals surface area contributed by atoms with Gasteiger partial charge in [0.2, 0.25) is 0 Å². The van der Waals surface area contributed by atoms with Crippen LogP contribution in [0.1, 0.15) is 11.7 Å². The van der Waals surface area contributed by atoms with Gasteiger partial charge in [0.15, 0.2) is 0 Å². The van der Waals surface area contributed by atoms with Gasteiger partial charge in [-0.05, 0) is 28.1 Å². The Hall–Kier alpha value is -0.250. The van der Waals surface area contributed by atoms with Gasteiger partial charge in [-0.15, -0.1) is 0 Å². The number of methoxy groups -OCH3 is 1. The maximum atomic E-state index is 5.91. The quantitative estimate of drug-likeness (QED) is 0.765. The fourth-order valence-corrected chi connectivity index (χ4v) is 2.26. The summed E-state index contributed by atoms with van der Waals surface area (Å²) in [5.74, 6) is 0.812. The van der Waals surface area contributed by atoms with Gasteiger partial charge in [0.1, 0.15) is 11.9 Å². The van der Waals surface area contributed by atoms with Gasteiger partial charge in [0, 0.05) is 10.6 Å². The summed E-state index contributed by atoms with van der Waals surface area (Å²) in [7, 11) is 1.64. The fourth-order valence-electron chi connectivity index (χ4n) is 1.26. The molecule has 0 saturated carbocycles. The van der Waals surface area contributed by atoms with Crippen LogP contribution in [-0.4, -0.2) is 13.7 Å². The number of epoxide rings is 1. The molecule has 4 heteroatoms. The topological polar surface area (TPSA) is 21.8 Å². The van der Waals surface area contributed by atoms with Crippen molar-refractivity contribution in [2.75, 3.05) is 13.7 Å². The van der Waals surface area contributed by atoms with Crippen LogP contribution in [0, 0.1) is 0 Å². The molecule has 0 N–H and O–H groups in total. The minimum absolute atomic E-state index is 0.157. The van der Waals surface area contributed by atoms with E-state index < -0.39 is 0 Å². The number of rotatable bonds is 2. The second kappa shape index (κ2) is 3.48. The van der Waals surface area contributed by atoms with Crippen molar-refractivity contribution in [3.05, 3.63) is 27.2 Å². The standard InChI is InChI=1S/C9H8BrClO2/c1-12-9-6(8-4-13-8)2-5(11)3-7(9)10/h2-3,8H,4H2,1H3/t8-/m1/s1. The molecule has 0 aliphatic carbocycles. The Morgan fingerprint density at radius 2 is 2.31 bits per heavy atom. The molecule has 70 valence electrons. The maximum absolute atomic E-state index is 5.91. The summed E-state index contributed by atoms with van der Waals surface area (Å²) < 4.78 is 11.3. The molecule has 0 spiro atoms. The molecule has 13 heavy (non-hydrogen) atoms. The summed E-state index contributed by atoms with van der Waals surface area (Å²) in [5.41, 5.74) is 1.02. The Balaban J connectivity index is 2.50. The van der Waals surface area contributed by atoms with Crippen molar-refractivity contribution in [1.29, 1.82) is 0 Å². The molecule has 1 atom stereocenters. The molecule has 1 heterocycles. The van der Waals surface area contributed by atoms with Crippen molar-refractivity contribution >= 4 is 27.5 Å². The summed E-state index contributed by atoms with van der Waals surface area (Å²) in [6.45, 7) is 0.753. The van der Waals surface area contributed by atoms with Crippen LogP contribution in [0.25, 0.3) is 0 Å². The van der Waals surface area contributed by atoms with Gasteiger partial charge in [-0.2, -0.15) is 0 Å². The third-order valence-corrected chi connectivity index (χ3v) is 2.73. The second-order valence-electron chi connectivity index (χ2n) is 2.83. The number of halogens is 2. The second-order valence-corrected chi connectivity index (χ2v) is 4.12. The average molecular weight is 264 g/mol. The van der Waals surface area contributed by atoms with E-state index in [2.05, 4.69) is 15.9 Å². The maximum Gasteiger partial charge on any atom is 0.139 e. The lowest BCUT2D eigenvalue weighted by Gasteiger charge is -2.08. The molecule has 1 fully saturated rings. The Bertz CT molecular complexity index is 337. The van der Waals surface area contributed by atoms with E-state index in [0.29, 0.717) is 5.02 Å². The van der Waals surface area contributed by atoms with Gasteiger partial charge >= 0.3 is 0 Å². The van der Waals surface area contributed by atoms with E-state index in [0.717, 1.165) is 22.4 Å². The number of ether oxygens (including phenoxy) is 2. The smallest absolute Gasteiger partial charge is 0.139 e. The Labute approximate surface area is 89.9 Å². The predicted molar refractivity (Wildman–Crippen MR) is 54.4 cm³/mol. The molecule has 0 unspecified atom stereocenters. The summed E-state index contributed by atoms with van der Waals surface area (Å²) in [6.07, 6.45) is 0.157. The Kier molecular flexibility index (Phi) is 2.49. The molecule has 2 nitrogen and oxygen atoms in total. The van der Waals surface area contributed by atoms with Crippen LogP contribution in [0.15, 0.2) is 16.6 Å². The van der Waals surface area contributed by atoms with Gasteiger partial charge in [0.25, 0.3) is 0 Å². The molecule has 0 aromatic heterocycles. The van der Waals surface area contributed by atoms with Crippen molar-refractivity contribution in [2.24, 2.45) is 0 Å². The Morgan fingerprint density at radius 3 is 2.85 bits per heavy atom. The first-order valence-corrected chi connectivity index (χ1v) is 5.04. The number of benzene rings is 1. The summed E-state index contributed by atoms with van der Waals surface area (Å²) >= 11 is 9.30. The molecule has 2 rings (SSSR count). The van der Waals surface area contributed by atoms with Gasteiger partial charge in [0.05, 0.1) is 18.2 Å². The normalized spacial score (nSPS) is 20.1. The molecule has 1 saturated heterocycles. The highest BCUT2D eigenvalue weighted by Crippen LogP contribution is 2.41. The van der Waals surface area contributed by atoms with E-state index in [1.54, 1.807) is 7.11 Å². The van der Waals surface area contributed by atoms with E-state index in [1.165, 1.54) is 0 Å². The van der Waals surface area contributed by atoms with E-state index in [-0.39, 0.29) is 6.10 Å². The predicted octanol–water partition coefficient (Wildman–Crippen LogP) is 3.18. The summed E-state index contributed by atoms with van der Waals surface area (Å²) in [5, 5.41) is 0.693. The van der Waals surface area contributed by atoms with Crippen molar-refractivity contribution < 1.29 is 9.47 Å². The third-order valence-electron chi connectivity index (χ3n) is 1.92. The number of hydrogen-bond donors (Lipinski definition) is 0.